The summed E-state index contributed by atoms with van der Waals surface area (Å²) < 4.78 is 1.86. The van der Waals surface area contributed by atoms with Crippen molar-refractivity contribution in [2.45, 2.75) is 20.0 Å². The Hall–Kier alpha value is -1.64. The van der Waals surface area contributed by atoms with E-state index in [1.807, 2.05) is 30.8 Å². The Balaban J connectivity index is 1.98. The van der Waals surface area contributed by atoms with Crippen LogP contribution in [0.3, 0.4) is 0 Å². The number of aryl methyl sites for hydroxylation is 2. The third-order valence-corrected chi connectivity index (χ3v) is 3.65. The van der Waals surface area contributed by atoms with E-state index in [9.17, 15) is 0 Å². The topological polar surface area (TPSA) is 44.9 Å². The molecular weight excluding hydrogens is 244 g/mol. The zero-order valence-corrected chi connectivity index (χ0v) is 11.7. The van der Waals surface area contributed by atoms with Crippen molar-refractivity contribution in [2.24, 2.45) is 7.05 Å². The number of hydrogen-bond donors (Lipinski definition) is 0. The Morgan fingerprint density at radius 1 is 1.50 bits per heavy atom. The first kappa shape index (κ1) is 12.8. The van der Waals surface area contributed by atoms with Gasteiger partial charge in [-0.25, -0.2) is 4.98 Å². The van der Waals surface area contributed by atoms with Gasteiger partial charge in [-0.05, 0) is 25.6 Å². The summed E-state index contributed by atoms with van der Waals surface area (Å²) in [6.07, 6.45) is 2.00. The van der Waals surface area contributed by atoms with Crippen molar-refractivity contribution in [2.75, 3.05) is 7.05 Å². The summed E-state index contributed by atoms with van der Waals surface area (Å²) in [5.74, 6) is 0. The molecule has 0 spiro atoms. The molecule has 0 aliphatic carbocycles. The van der Waals surface area contributed by atoms with Crippen molar-refractivity contribution in [1.29, 1.82) is 5.26 Å². The highest BCUT2D eigenvalue weighted by molar-refractivity contribution is 7.09. The van der Waals surface area contributed by atoms with Crippen LogP contribution in [0.2, 0.25) is 0 Å². The van der Waals surface area contributed by atoms with E-state index >= 15 is 0 Å². The van der Waals surface area contributed by atoms with Crippen LogP contribution in [0.1, 0.15) is 22.0 Å². The van der Waals surface area contributed by atoms with E-state index in [0.29, 0.717) is 5.69 Å². The lowest BCUT2D eigenvalue weighted by Gasteiger charge is -2.13. The Kier molecular flexibility index (Phi) is 3.80. The zero-order chi connectivity index (χ0) is 13.1. The van der Waals surface area contributed by atoms with Crippen LogP contribution in [-0.4, -0.2) is 21.5 Å². The first-order valence-corrected chi connectivity index (χ1v) is 6.61. The van der Waals surface area contributed by atoms with E-state index in [0.717, 1.165) is 29.4 Å². The fraction of sp³-hybridized carbons (Fsp3) is 0.385. The summed E-state index contributed by atoms with van der Waals surface area (Å²) >= 11 is 1.69. The number of rotatable bonds is 4. The predicted octanol–water partition coefficient (Wildman–Crippen LogP) is 2.29. The number of hydrogen-bond acceptors (Lipinski definition) is 4. The summed E-state index contributed by atoms with van der Waals surface area (Å²) in [7, 11) is 3.96. The lowest BCUT2D eigenvalue weighted by molar-refractivity contribution is 0.318. The maximum absolute atomic E-state index is 8.91. The minimum atomic E-state index is 0.698. The van der Waals surface area contributed by atoms with E-state index in [4.69, 9.17) is 5.26 Å². The fourth-order valence-corrected chi connectivity index (χ4v) is 2.76. The third kappa shape index (κ3) is 2.97. The second-order valence-electron chi connectivity index (χ2n) is 4.51. The van der Waals surface area contributed by atoms with Gasteiger partial charge in [0.05, 0.1) is 6.54 Å². The highest BCUT2D eigenvalue weighted by atomic mass is 32.1. The molecule has 0 N–H and O–H groups in total. The van der Waals surface area contributed by atoms with Crippen molar-refractivity contribution in [3.05, 3.63) is 39.6 Å². The maximum Gasteiger partial charge on any atom is 0.120 e. The lowest BCUT2D eigenvalue weighted by Crippen LogP contribution is -2.16. The first-order chi connectivity index (χ1) is 8.58. The van der Waals surface area contributed by atoms with Crippen LogP contribution < -0.4 is 0 Å². The standard InChI is InChI=1S/C13H16N4S/c1-10-9-18-13(15-10)8-16(2)6-11-4-12(5-14)17(3)7-11/h4,7,9H,6,8H2,1-3H3. The number of thiazole rings is 1. The number of nitrogens with zero attached hydrogens (tertiary/aromatic N) is 4. The maximum atomic E-state index is 8.91. The van der Waals surface area contributed by atoms with Crippen LogP contribution in [0.25, 0.3) is 0 Å². The van der Waals surface area contributed by atoms with Gasteiger partial charge in [0.15, 0.2) is 0 Å². The van der Waals surface area contributed by atoms with Crippen LogP contribution in [-0.2, 0) is 20.1 Å². The summed E-state index contributed by atoms with van der Waals surface area (Å²) in [6, 6.07) is 4.11. The molecule has 2 aromatic heterocycles. The van der Waals surface area contributed by atoms with Gasteiger partial charge in [0.25, 0.3) is 0 Å². The van der Waals surface area contributed by atoms with Crippen molar-refractivity contribution in [1.82, 2.24) is 14.5 Å². The fourth-order valence-electron chi connectivity index (χ4n) is 1.90. The molecule has 0 atom stereocenters. The molecule has 2 aromatic rings. The second-order valence-corrected chi connectivity index (χ2v) is 5.45. The monoisotopic (exact) mass is 260 g/mol. The van der Waals surface area contributed by atoms with Crippen LogP contribution in [0.4, 0.5) is 0 Å². The molecule has 0 fully saturated rings. The predicted molar refractivity (Wildman–Crippen MR) is 72.2 cm³/mol. The molecule has 94 valence electrons. The minimum absolute atomic E-state index is 0.698. The molecule has 2 heterocycles. The SMILES string of the molecule is Cc1csc(CN(C)Cc2cc(C#N)n(C)c2)n1. The summed E-state index contributed by atoms with van der Waals surface area (Å²) in [6.45, 7) is 3.68. The molecule has 0 aromatic carbocycles. The van der Waals surface area contributed by atoms with Crippen LogP contribution in [0.5, 0.6) is 0 Å². The molecule has 0 saturated carbocycles. The van der Waals surface area contributed by atoms with Gasteiger partial charge in [-0.1, -0.05) is 0 Å². The molecule has 18 heavy (non-hydrogen) atoms. The van der Waals surface area contributed by atoms with Crippen molar-refractivity contribution < 1.29 is 0 Å². The molecular formula is C13H16N4S. The molecule has 0 aliphatic heterocycles. The van der Waals surface area contributed by atoms with Crippen molar-refractivity contribution in [3.8, 4) is 6.07 Å². The van der Waals surface area contributed by atoms with Gasteiger partial charge < -0.3 is 4.57 Å². The largest absolute Gasteiger partial charge is 0.342 e. The van der Waals surface area contributed by atoms with Gasteiger partial charge in [-0.15, -0.1) is 11.3 Å². The molecule has 2 rings (SSSR count). The molecule has 0 bridgehead atoms. The summed E-state index contributed by atoms with van der Waals surface area (Å²) in [4.78, 5) is 6.65. The van der Waals surface area contributed by atoms with Crippen LogP contribution >= 0.6 is 11.3 Å². The quantitative estimate of drug-likeness (QED) is 0.847. The molecule has 0 unspecified atom stereocenters. The average Bonchev–Trinajstić information content (AvgIpc) is 2.85. The Labute approximate surface area is 111 Å². The van der Waals surface area contributed by atoms with E-state index in [1.54, 1.807) is 11.3 Å². The van der Waals surface area contributed by atoms with E-state index < -0.39 is 0 Å². The van der Waals surface area contributed by atoms with Gasteiger partial charge in [0.1, 0.15) is 16.8 Å². The van der Waals surface area contributed by atoms with E-state index in [-0.39, 0.29) is 0 Å². The van der Waals surface area contributed by atoms with Crippen molar-refractivity contribution >= 4 is 11.3 Å². The van der Waals surface area contributed by atoms with E-state index in [2.05, 4.69) is 28.4 Å². The first-order valence-electron chi connectivity index (χ1n) is 5.73. The van der Waals surface area contributed by atoms with Crippen molar-refractivity contribution in [3.63, 3.8) is 0 Å². The Bertz CT molecular complexity index is 576. The smallest absolute Gasteiger partial charge is 0.120 e. The Morgan fingerprint density at radius 3 is 2.83 bits per heavy atom. The lowest BCUT2D eigenvalue weighted by atomic mass is 10.3. The normalized spacial score (nSPS) is 10.8. The van der Waals surface area contributed by atoms with E-state index in [1.165, 1.54) is 0 Å². The van der Waals surface area contributed by atoms with Gasteiger partial charge in [0, 0.05) is 30.9 Å². The Morgan fingerprint density at radius 2 is 2.28 bits per heavy atom. The average molecular weight is 260 g/mol. The zero-order valence-electron chi connectivity index (χ0n) is 10.8. The molecule has 5 heteroatoms. The van der Waals surface area contributed by atoms with Crippen LogP contribution in [0.15, 0.2) is 17.6 Å². The van der Waals surface area contributed by atoms with Gasteiger partial charge in [-0.3, -0.25) is 4.90 Å². The summed E-state index contributed by atoms with van der Waals surface area (Å²) in [5, 5.41) is 12.1. The number of aromatic nitrogens is 2. The summed E-state index contributed by atoms with van der Waals surface area (Å²) in [5.41, 5.74) is 2.93. The highest BCUT2D eigenvalue weighted by Gasteiger charge is 2.07. The molecule has 0 amide bonds. The van der Waals surface area contributed by atoms with Gasteiger partial charge in [-0.2, -0.15) is 5.26 Å². The number of nitriles is 1. The third-order valence-electron chi connectivity index (χ3n) is 2.70. The molecule has 0 saturated heterocycles. The van der Waals surface area contributed by atoms with Gasteiger partial charge in [0.2, 0.25) is 0 Å². The minimum Gasteiger partial charge on any atom is -0.342 e. The van der Waals surface area contributed by atoms with Gasteiger partial charge >= 0.3 is 0 Å². The van der Waals surface area contributed by atoms with Crippen LogP contribution in [0, 0.1) is 18.3 Å². The molecule has 0 aliphatic rings. The molecule has 0 radical (unpaired) electrons. The highest BCUT2D eigenvalue weighted by Crippen LogP contribution is 2.14. The molecule has 4 nitrogen and oxygen atoms in total. The second kappa shape index (κ2) is 5.34.